The van der Waals surface area contributed by atoms with Crippen LogP contribution in [0.25, 0.3) is 0 Å². The zero-order chi connectivity index (χ0) is 12.5. The predicted molar refractivity (Wildman–Crippen MR) is 65.8 cm³/mol. The molecule has 5 heteroatoms. The molecule has 1 saturated heterocycles. The molecule has 0 aliphatic carbocycles. The van der Waals surface area contributed by atoms with Gasteiger partial charge in [0.15, 0.2) is 9.84 Å². The van der Waals surface area contributed by atoms with Gasteiger partial charge in [-0.25, -0.2) is 8.42 Å². The SMILES string of the molecule is CS(=O)(=O)c1ccc(O)c(C2CCCCN2)c1. The normalized spacial score (nSPS) is 21.4. The summed E-state index contributed by atoms with van der Waals surface area (Å²) in [7, 11) is -3.22. The third kappa shape index (κ3) is 2.79. The van der Waals surface area contributed by atoms with Crippen LogP contribution < -0.4 is 5.32 Å². The van der Waals surface area contributed by atoms with Crippen LogP contribution in [0, 0.1) is 0 Å². The van der Waals surface area contributed by atoms with Crippen LogP contribution in [0.3, 0.4) is 0 Å². The maximum Gasteiger partial charge on any atom is 0.175 e. The van der Waals surface area contributed by atoms with E-state index in [1.54, 1.807) is 6.07 Å². The molecule has 1 aromatic carbocycles. The fourth-order valence-corrected chi connectivity index (χ4v) is 2.82. The van der Waals surface area contributed by atoms with Gasteiger partial charge in [0.05, 0.1) is 4.90 Å². The van der Waals surface area contributed by atoms with Crippen molar-refractivity contribution in [1.29, 1.82) is 0 Å². The molecular formula is C12H17NO3S. The largest absolute Gasteiger partial charge is 0.508 e. The number of phenols is 1. The summed E-state index contributed by atoms with van der Waals surface area (Å²) in [5.41, 5.74) is 0.688. The van der Waals surface area contributed by atoms with Crippen LogP contribution >= 0.6 is 0 Å². The van der Waals surface area contributed by atoms with E-state index in [2.05, 4.69) is 5.32 Å². The lowest BCUT2D eigenvalue weighted by atomic mass is 9.97. The second-order valence-corrected chi connectivity index (χ2v) is 6.51. The monoisotopic (exact) mass is 255 g/mol. The first-order valence-electron chi connectivity index (χ1n) is 5.75. The van der Waals surface area contributed by atoms with Crippen LogP contribution in [0.4, 0.5) is 0 Å². The topological polar surface area (TPSA) is 66.4 Å². The van der Waals surface area contributed by atoms with E-state index < -0.39 is 9.84 Å². The lowest BCUT2D eigenvalue weighted by molar-refractivity contribution is 0.390. The Balaban J connectivity index is 2.38. The van der Waals surface area contributed by atoms with Gasteiger partial charge in [-0.1, -0.05) is 6.42 Å². The molecule has 0 radical (unpaired) electrons. The Kier molecular flexibility index (Phi) is 3.40. The van der Waals surface area contributed by atoms with Crippen LogP contribution in [0.2, 0.25) is 0 Å². The van der Waals surface area contributed by atoms with Crippen molar-refractivity contribution in [2.75, 3.05) is 12.8 Å². The summed E-state index contributed by atoms with van der Waals surface area (Å²) in [6, 6.07) is 4.54. The first-order chi connectivity index (χ1) is 7.98. The summed E-state index contributed by atoms with van der Waals surface area (Å²) in [6.07, 6.45) is 4.33. The molecular weight excluding hydrogens is 238 g/mol. The minimum Gasteiger partial charge on any atom is -0.508 e. The van der Waals surface area contributed by atoms with E-state index in [9.17, 15) is 13.5 Å². The molecule has 1 aliphatic heterocycles. The summed E-state index contributed by atoms with van der Waals surface area (Å²) < 4.78 is 23.0. The number of rotatable bonds is 2. The average molecular weight is 255 g/mol. The average Bonchev–Trinajstić information content (AvgIpc) is 2.29. The van der Waals surface area contributed by atoms with Gasteiger partial charge in [0.1, 0.15) is 5.75 Å². The van der Waals surface area contributed by atoms with Crippen molar-refractivity contribution in [1.82, 2.24) is 5.32 Å². The first-order valence-corrected chi connectivity index (χ1v) is 7.64. The zero-order valence-corrected chi connectivity index (χ0v) is 10.6. The van der Waals surface area contributed by atoms with E-state index in [4.69, 9.17) is 0 Å². The lowest BCUT2D eigenvalue weighted by Gasteiger charge is -2.24. The van der Waals surface area contributed by atoms with Crippen LogP contribution in [0.15, 0.2) is 23.1 Å². The summed E-state index contributed by atoms with van der Waals surface area (Å²) in [5, 5.41) is 13.1. The second-order valence-electron chi connectivity index (χ2n) is 4.50. The fraction of sp³-hybridized carbons (Fsp3) is 0.500. The molecule has 0 spiro atoms. The molecule has 1 unspecified atom stereocenters. The van der Waals surface area contributed by atoms with Crippen LogP contribution in [0.5, 0.6) is 5.75 Å². The van der Waals surface area contributed by atoms with Gasteiger partial charge in [-0.2, -0.15) is 0 Å². The summed E-state index contributed by atoms with van der Waals surface area (Å²) in [4.78, 5) is 0.262. The van der Waals surface area contributed by atoms with E-state index in [0.29, 0.717) is 5.56 Å². The molecule has 1 aromatic rings. The molecule has 0 amide bonds. The number of nitrogens with one attached hydrogen (secondary N) is 1. The Hall–Kier alpha value is -1.07. The van der Waals surface area contributed by atoms with E-state index in [1.807, 2.05) is 0 Å². The van der Waals surface area contributed by atoms with E-state index >= 15 is 0 Å². The van der Waals surface area contributed by atoms with Gasteiger partial charge in [0.25, 0.3) is 0 Å². The van der Waals surface area contributed by atoms with E-state index in [-0.39, 0.29) is 16.7 Å². The molecule has 4 nitrogen and oxygen atoms in total. The van der Waals surface area contributed by atoms with Gasteiger partial charge in [-0.3, -0.25) is 0 Å². The highest BCUT2D eigenvalue weighted by atomic mass is 32.2. The van der Waals surface area contributed by atoms with Gasteiger partial charge in [-0.05, 0) is 37.6 Å². The van der Waals surface area contributed by atoms with Crippen LogP contribution in [-0.2, 0) is 9.84 Å². The number of benzene rings is 1. The first kappa shape index (κ1) is 12.4. The molecule has 0 bridgehead atoms. The Morgan fingerprint density at radius 1 is 1.35 bits per heavy atom. The maximum absolute atomic E-state index is 11.5. The van der Waals surface area contributed by atoms with Gasteiger partial charge in [-0.15, -0.1) is 0 Å². The molecule has 2 rings (SSSR count). The summed E-state index contributed by atoms with van der Waals surface area (Å²) in [5.74, 6) is 0.164. The molecule has 0 aromatic heterocycles. The predicted octanol–water partition coefficient (Wildman–Crippen LogP) is 1.61. The van der Waals surface area contributed by atoms with Gasteiger partial charge >= 0.3 is 0 Å². The Morgan fingerprint density at radius 3 is 2.71 bits per heavy atom. The quantitative estimate of drug-likeness (QED) is 0.842. The molecule has 1 heterocycles. The number of piperidine rings is 1. The lowest BCUT2D eigenvalue weighted by Crippen LogP contribution is -2.26. The molecule has 2 N–H and O–H groups in total. The molecule has 1 fully saturated rings. The van der Waals surface area contributed by atoms with Crippen molar-refractivity contribution >= 4 is 9.84 Å². The highest BCUT2D eigenvalue weighted by molar-refractivity contribution is 7.90. The summed E-state index contributed by atoms with van der Waals surface area (Å²) >= 11 is 0. The third-order valence-electron chi connectivity index (χ3n) is 3.11. The van der Waals surface area contributed by atoms with Crippen molar-refractivity contribution in [3.63, 3.8) is 0 Å². The van der Waals surface area contributed by atoms with Crippen molar-refractivity contribution in [2.45, 2.75) is 30.2 Å². The van der Waals surface area contributed by atoms with Crippen LogP contribution in [-0.4, -0.2) is 26.3 Å². The van der Waals surface area contributed by atoms with Gasteiger partial charge < -0.3 is 10.4 Å². The molecule has 17 heavy (non-hydrogen) atoms. The number of hydrogen-bond acceptors (Lipinski definition) is 4. The highest BCUT2D eigenvalue weighted by Gasteiger charge is 2.20. The van der Waals surface area contributed by atoms with E-state index in [1.165, 1.54) is 18.4 Å². The molecule has 1 aliphatic rings. The smallest absolute Gasteiger partial charge is 0.175 e. The molecule has 1 atom stereocenters. The Bertz CT molecular complexity index is 504. The minimum atomic E-state index is -3.22. The number of phenolic OH excluding ortho intramolecular Hbond substituents is 1. The summed E-state index contributed by atoms with van der Waals surface area (Å²) in [6.45, 7) is 0.910. The fourth-order valence-electron chi connectivity index (χ4n) is 2.16. The number of hydrogen-bond donors (Lipinski definition) is 2. The van der Waals surface area contributed by atoms with Crippen LogP contribution in [0.1, 0.15) is 30.9 Å². The molecule has 94 valence electrons. The Labute approximate surface area is 102 Å². The van der Waals surface area contributed by atoms with E-state index in [0.717, 1.165) is 25.8 Å². The third-order valence-corrected chi connectivity index (χ3v) is 4.22. The maximum atomic E-state index is 11.5. The standard InChI is InChI=1S/C12H17NO3S/c1-17(15,16)9-5-6-12(14)10(8-9)11-4-2-3-7-13-11/h5-6,8,11,13-14H,2-4,7H2,1H3. The number of aromatic hydroxyl groups is 1. The van der Waals surface area contributed by atoms with Crippen molar-refractivity contribution < 1.29 is 13.5 Å². The number of sulfone groups is 1. The van der Waals surface area contributed by atoms with Gasteiger partial charge in [0, 0.05) is 17.9 Å². The zero-order valence-electron chi connectivity index (χ0n) is 9.81. The molecule has 0 saturated carbocycles. The Morgan fingerprint density at radius 2 is 2.12 bits per heavy atom. The van der Waals surface area contributed by atoms with Crippen molar-refractivity contribution in [2.24, 2.45) is 0 Å². The minimum absolute atomic E-state index is 0.0606. The van der Waals surface area contributed by atoms with Gasteiger partial charge in [0.2, 0.25) is 0 Å². The van der Waals surface area contributed by atoms with Crippen molar-refractivity contribution in [3.05, 3.63) is 23.8 Å². The second kappa shape index (κ2) is 4.66. The van der Waals surface area contributed by atoms with Crippen molar-refractivity contribution in [3.8, 4) is 5.75 Å². The highest BCUT2D eigenvalue weighted by Crippen LogP contribution is 2.31.